The Morgan fingerprint density at radius 3 is 2.67 bits per heavy atom. The Balaban J connectivity index is 2.32. The number of carboxylic acids is 1. The van der Waals surface area contributed by atoms with E-state index in [0.717, 1.165) is 0 Å². The number of nitrogens with zero attached hydrogens (tertiary/aromatic N) is 2. The van der Waals surface area contributed by atoms with E-state index in [-0.39, 0.29) is 11.1 Å². The second kappa shape index (κ2) is 4.64. The fourth-order valence-electron chi connectivity index (χ4n) is 1.99. The smallest absolute Gasteiger partial charge is 0.327 e. The van der Waals surface area contributed by atoms with Gasteiger partial charge in [-0.3, -0.25) is 4.79 Å². The van der Waals surface area contributed by atoms with Gasteiger partial charge in [-0.05, 0) is 13.8 Å². The van der Waals surface area contributed by atoms with Gasteiger partial charge < -0.3 is 14.4 Å². The van der Waals surface area contributed by atoms with Gasteiger partial charge >= 0.3 is 5.97 Å². The zero-order valence-corrected chi connectivity index (χ0v) is 11.2. The summed E-state index contributed by atoms with van der Waals surface area (Å²) in [5, 5.41) is 8.94. The molecule has 6 nitrogen and oxygen atoms in total. The van der Waals surface area contributed by atoms with Gasteiger partial charge in [-0.15, -0.1) is 11.8 Å². The summed E-state index contributed by atoms with van der Waals surface area (Å²) in [7, 11) is 0. The van der Waals surface area contributed by atoms with Crippen molar-refractivity contribution in [2.24, 2.45) is 0 Å². The molecule has 2 unspecified atom stereocenters. The molecule has 1 N–H and O–H groups in total. The van der Waals surface area contributed by atoms with Gasteiger partial charge in [-0.2, -0.15) is 0 Å². The van der Waals surface area contributed by atoms with Crippen LogP contribution in [0.3, 0.4) is 0 Å². The molecule has 7 heteroatoms. The van der Waals surface area contributed by atoms with Crippen LogP contribution < -0.4 is 0 Å². The molecule has 0 radical (unpaired) electrons. The highest BCUT2D eigenvalue weighted by atomic mass is 32.2. The van der Waals surface area contributed by atoms with Gasteiger partial charge in [0.1, 0.15) is 6.04 Å². The number of carboxylic acid groups (broad SMARTS) is 1. The minimum Gasteiger partial charge on any atom is -0.480 e. The zero-order valence-electron chi connectivity index (χ0n) is 10.3. The van der Waals surface area contributed by atoms with Crippen LogP contribution in [-0.4, -0.2) is 44.0 Å². The van der Waals surface area contributed by atoms with Crippen molar-refractivity contribution in [3.8, 4) is 0 Å². The predicted molar refractivity (Wildman–Crippen MR) is 65.5 cm³/mol. The minimum absolute atomic E-state index is 0.133. The molecule has 0 aromatic carbocycles. The van der Waals surface area contributed by atoms with Crippen molar-refractivity contribution in [1.29, 1.82) is 0 Å². The Bertz CT molecular complexity index is 499. The monoisotopic (exact) mass is 270 g/mol. The van der Waals surface area contributed by atoms with Crippen molar-refractivity contribution in [3.63, 3.8) is 0 Å². The van der Waals surface area contributed by atoms with E-state index in [1.807, 2.05) is 6.92 Å². The number of aliphatic carboxylic acids is 1. The van der Waals surface area contributed by atoms with Gasteiger partial charge in [0.05, 0.1) is 11.1 Å². The molecule has 98 valence electrons. The number of hydrogen-bond acceptors (Lipinski definition) is 5. The Kier molecular flexibility index (Phi) is 3.34. The van der Waals surface area contributed by atoms with Crippen LogP contribution >= 0.6 is 11.8 Å². The molecule has 2 heterocycles. The Hall–Kier alpha value is -1.50. The fraction of sp³-hybridized carbons (Fsp3) is 0.545. The molecule has 1 aromatic rings. The highest BCUT2D eigenvalue weighted by Gasteiger charge is 2.41. The molecule has 2 rings (SSSR count). The third-order valence-corrected chi connectivity index (χ3v) is 4.06. The van der Waals surface area contributed by atoms with Crippen molar-refractivity contribution in [2.45, 2.75) is 32.2 Å². The molecule has 1 fully saturated rings. The third-order valence-electron chi connectivity index (χ3n) is 2.84. The normalized spacial score (nSPS) is 23.4. The lowest BCUT2D eigenvalue weighted by molar-refractivity contribution is -0.141. The zero-order chi connectivity index (χ0) is 13.4. The second-order valence-electron chi connectivity index (χ2n) is 4.15. The van der Waals surface area contributed by atoms with E-state index in [9.17, 15) is 9.59 Å². The molecule has 0 aliphatic carbocycles. The summed E-state index contributed by atoms with van der Waals surface area (Å²) in [6, 6.07) is -0.803. The van der Waals surface area contributed by atoms with E-state index in [0.29, 0.717) is 17.3 Å². The second-order valence-corrected chi connectivity index (χ2v) is 5.50. The van der Waals surface area contributed by atoms with Crippen LogP contribution in [0.15, 0.2) is 4.42 Å². The van der Waals surface area contributed by atoms with Gasteiger partial charge in [-0.1, -0.05) is 0 Å². The summed E-state index contributed by atoms with van der Waals surface area (Å²) in [5.41, 5.74) is 0.491. The lowest BCUT2D eigenvalue weighted by atomic mass is 10.2. The van der Waals surface area contributed by atoms with Gasteiger partial charge in [-0.25, -0.2) is 9.78 Å². The molecule has 0 bridgehead atoms. The predicted octanol–water partition coefficient (Wildman–Crippen LogP) is 1.28. The number of aryl methyl sites for hydroxylation is 2. The standard InChI is InChI=1S/C11H14N2O4S/c1-5-9(17-6(2)12-5)10(14)13-7(3)18-4-8(13)11(15)16/h7-8H,4H2,1-3H3,(H,15,16). The molecule has 1 aromatic heterocycles. The molecule has 1 aliphatic rings. The number of rotatable bonds is 2. The Morgan fingerprint density at radius 1 is 1.50 bits per heavy atom. The maximum Gasteiger partial charge on any atom is 0.327 e. The third kappa shape index (κ3) is 2.10. The van der Waals surface area contributed by atoms with Gasteiger partial charge in [0, 0.05) is 12.7 Å². The molecule has 0 saturated carbocycles. The van der Waals surface area contributed by atoms with E-state index in [2.05, 4.69) is 4.98 Å². The molecule has 2 atom stereocenters. The highest BCUT2D eigenvalue weighted by molar-refractivity contribution is 8.00. The van der Waals surface area contributed by atoms with Crippen LogP contribution in [0.5, 0.6) is 0 Å². The number of carbonyl (C=O) groups is 2. The van der Waals surface area contributed by atoms with Crippen molar-refractivity contribution < 1.29 is 19.1 Å². The first-order valence-corrected chi connectivity index (χ1v) is 6.57. The van der Waals surface area contributed by atoms with Crippen LogP contribution in [-0.2, 0) is 4.79 Å². The number of aromatic nitrogens is 1. The number of amides is 1. The number of thioether (sulfide) groups is 1. The van der Waals surface area contributed by atoms with Gasteiger partial charge in [0.2, 0.25) is 5.76 Å². The van der Waals surface area contributed by atoms with E-state index in [4.69, 9.17) is 9.52 Å². The van der Waals surface area contributed by atoms with Crippen LogP contribution in [0.1, 0.15) is 29.1 Å². The minimum atomic E-state index is -0.992. The van der Waals surface area contributed by atoms with E-state index < -0.39 is 17.9 Å². The quantitative estimate of drug-likeness (QED) is 0.871. The van der Waals surface area contributed by atoms with Crippen LogP contribution in [0, 0.1) is 13.8 Å². The van der Waals surface area contributed by atoms with E-state index in [1.54, 1.807) is 13.8 Å². The average Bonchev–Trinajstić information content (AvgIpc) is 2.81. The van der Waals surface area contributed by atoms with Crippen LogP contribution in [0.4, 0.5) is 0 Å². The van der Waals surface area contributed by atoms with Crippen molar-refractivity contribution in [3.05, 3.63) is 17.3 Å². The molecular formula is C11H14N2O4S. The number of oxazole rings is 1. The van der Waals surface area contributed by atoms with E-state index in [1.165, 1.54) is 16.7 Å². The van der Waals surface area contributed by atoms with Gasteiger partial charge in [0.15, 0.2) is 5.89 Å². The largest absolute Gasteiger partial charge is 0.480 e. The lowest BCUT2D eigenvalue weighted by Gasteiger charge is -2.23. The molecular weight excluding hydrogens is 256 g/mol. The summed E-state index contributed by atoms with van der Waals surface area (Å²) in [4.78, 5) is 28.8. The molecule has 1 amide bonds. The maximum atomic E-state index is 12.3. The fourth-order valence-corrected chi connectivity index (χ4v) is 3.16. The molecule has 0 spiro atoms. The first-order chi connectivity index (χ1) is 8.41. The summed E-state index contributed by atoms with van der Waals surface area (Å²) >= 11 is 1.44. The molecule has 1 aliphatic heterocycles. The van der Waals surface area contributed by atoms with Gasteiger partial charge in [0.25, 0.3) is 5.91 Å². The topological polar surface area (TPSA) is 83.6 Å². The van der Waals surface area contributed by atoms with Crippen LogP contribution in [0.25, 0.3) is 0 Å². The SMILES string of the molecule is Cc1nc(C)c(C(=O)N2C(C)SCC2C(=O)O)o1. The summed E-state index contributed by atoms with van der Waals surface area (Å²) in [6.45, 7) is 5.14. The number of hydrogen-bond donors (Lipinski definition) is 1. The summed E-state index contributed by atoms with van der Waals surface area (Å²) in [5.74, 6) is -0.462. The van der Waals surface area contributed by atoms with Crippen molar-refractivity contribution >= 4 is 23.6 Å². The average molecular weight is 270 g/mol. The Morgan fingerprint density at radius 2 is 2.17 bits per heavy atom. The van der Waals surface area contributed by atoms with Crippen molar-refractivity contribution in [2.75, 3.05) is 5.75 Å². The summed E-state index contributed by atoms with van der Waals surface area (Å²) in [6.07, 6.45) is 0. The first kappa shape index (κ1) is 12.9. The summed E-state index contributed by atoms with van der Waals surface area (Å²) < 4.78 is 5.26. The lowest BCUT2D eigenvalue weighted by Crippen LogP contribution is -2.44. The van der Waals surface area contributed by atoms with Crippen molar-refractivity contribution in [1.82, 2.24) is 9.88 Å². The maximum absolute atomic E-state index is 12.3. The Labute approximate surface area is 108 Å². The number of carbonyl (C=O) groups excluding carboxylic acids is 1. The van der Waals surface area contributed by atoms with Crippen LogP contribution in [0.2, 0.25) is 0 Å². The first-order valence-electron chi connectivity index (χ1n) is 5.53. The van der Waals surface area contributed by atoms with E-state index >= 15 is 0 Å². The highest BCUT2D eigenvalue weighted by Crippen LogP contribution is 2.31. The molecule has 1 saturated heterocycles. The molecule has 18 heavy (non-hydrogen) atoms.